The minimum absolute atomic E-state index is 0.124. The van der Waals surface area contributed by atoms with Gasteiger partial charge in [-0.05, 0) is 50.2 Å². The molecule has 2 heterocycles. The summed E-state index contributed by atoms with van der Waals surface area (Å²) in [5.74, 6) is -0.182. The Bertz CT molecular complexity index is 1300. The van der Waals surface area contributed by atoms with E-state index in [1.807, 2.05) is 0 Å². The Labute approximate surface area is 189 Å². The molecule has 2 N–H and O–H groups in total. The van der Waals surface area contributed by atoms with Crippen LogP contribution in [0.3, 0.4) is 0 Å². The SMILES string of the molecule is CCOC(=O)c1cnn(-c2ccc(C(=O)Nc3cnc(-c4cccc(O)c4)nc3)cc2)c1C. The van der Waals surface area contributed by atoms with Crippen molar-refractivity contribution in [3.05, 3.63) is 83.9 Å². The predicted octanol–water partition coefficient (Wildman–Crippen LogP) is 3.77. The molecule has 166 valence electrons. The maximum absolute atomic E-state index is 12.6. The Morgan fingerprint density at radius 2 is 1.79 bits per heavy atom. The summed E-state index contributed by atoms with van der Waals surface area (Å²) in [4.78, 5) is 33.1. The lowest BCUT2D eigenvalue weighted by atomic mass is 10.2. The van der Waals surface area contributed by atoms with Gasteiger partial charge in [-0.3, -0.25) is 4.79 Å². The molecule has 0 spiro atoms. The fraction of sp³-hybridized carbons (Fsp3) is 0.125. The molecular formula is C24H21N5O4. The minimum atomic E-state index is -0.422. The Morgan fingerprint density at radius 1 is 1.06 bits per heavy atom. The molecule has 9 heteroatoms. The number of aromatic nitrogens is 4. The Morgan fingerprint density at radius 3 is 2.45 bits per heavy atom. The zero-order valence-electron chi connectivity index (χ0n) is 18.0. The maximum Gasteiger partial charge on any atom is 0.341 e. The Hall–Kier alpha value is -4.53. The highest BCUT2D eigenvalue weighted by Gasteiger charge is 2.16. The molecule has 0 saturated heterocycles. The smallest absolute Gasteiger partial charge is 0.341 e. The molecule has 0 unspecified atom stereocenters. The lowest BCUT2D eigenvalue weighted by Crippen LogP contribution is -2.12. The first kappa shape index (κ1) is 21.7. The van der Waals surface area contributed by atoms with E-state index in [1.54, 1.807) is 67.1 Å². The number of anilines is 1. The quantitative estimate of drug-likeness (QED) is 0.435. The molecule has 1 amide bonds. The van der Waals surface area contributed by atoms with Crippen LogP contribution < -0.4 is 5.32 Å². The molecule has 0 aliphatic heterocycles. The topological polar surface area (TPSA) is 119 Å². The van der Waals surface area contributed by atoms with Crippen LogP contribution in [0.5, 0.6) is 5.75 Å². The number of ether oxygens (including phenoxy) is 1. The number of carbonyl (C=O) groups excluding carboxylic acids is 2. The number of rotatable bonds is 6. The zero-order valence-corrected chi connectivity index (χ0v) is 18.0. The number of carbonyl (C=O) groups is 2. The number of benzene rings is 2. The van der Waals surface area contributed by atoms with E-state index >= 15 is 0 Å². The summed E-state index contributed by atoms with van der Waals surface area (Å²) in [7, 11) is 0. The minimum Gasteiger partial charge on any atom is -0.508 e. The van der Waals surface area contributed by atoms with Gasteiger partial charge in [0, 0.05) is 11.1 Å². The molecule has 0 aliphatic carbocycles. The highest BCUT2D eigenvalue weighted by atomic mass is 16.5. The third-order valence-corrected chi connectivity index (χ3v) is 4.89. The summed E-state index contributed by atoms with van der Waals surface area (Å²) in [6.07, 6.45) is 4.47. The highest BCUT2D eigenvalue weighted by Crippen LogP contribution is 2.21. The molecule has 0 radical (unpaired) electrons. The van der Waals surface area contributed by atoms with E-state index in [9.17, 15) is 14.7 Å². The van der Waals surface area contributed by atoms with Crippen molar-refractivity contribution < 1.29 is 19.4 Å². The van der Waals surface area contributed by atoms with E-state index in [0.29, 0.717) is 39.6 Å². The van der Waals surface area contributed by atoms with Crippen LogP contribution in [0.2, 0.25) is 0 Å². The Balaban J connectivity index is 1.45. The molecule has 0 aliphatic rings. The highest BCUT2D eigenvalue weighted by molar-refractivity contribution is 6.04. The number of esters is 1. The van der Waals surface area contributed by atoms with Crippen LogP contribution in [0.15, 0.2) is 67.1 Å². The van der Waals surface area contributed by atoms with Gasteiger partial charge in [-0.15, -0.1) is 0 Å². The normalized spacial score (nSPS) is 10.6. The zero-order chi connectivity index (χ0) is 23.4. The first-order valence-electron chi connectivity index (χ1n) is 10.2. The molecule has 0 bridgehead atoms. The average Bonchev–Trinajstić information content (AvgIpc) is 3.21. The Kier molecular flexibility index (Phi) is 6.12. The van der Waals surface area contributed by atoms with Gasteiger partial charge in [-0.2, -0.15) is 5.10 Å². The van der Waals surface area contributed by atoms with Gasteiger partial charge in [0.15, 0.2) is 5.82 Å². The van der Waals surface area contributed by atoms with Gasteiger partial charge in [0.1, 0.15) is 11.3 Å². The number of amides is 1. The second-order valence-corrected chi connectivity index (χ2v) is 7.12. The van der Waals surface area contributed by atoms with E-state index < -0.39 is 5.97 Å². The fourth-order valence-electron chi connectivity index (χ4n) is 3.22. The van der Waals surface area contributed by atoms with Crippen LogP contribution in [0.4, 0.5) is 5.69 Å². The molecule has 9 nitrogen and oxygen atoms in total. The van der Waals surface area contributed by atoms with Crippen LogP contribution in [0.1, 0.15) is 33.3 Å². The molecule has 0 saturated carbocycles. The molecule has 2 aromatic carbocycles. The second kappa shape index (κ2) is 9.31. The number of phenolic OH excluding ortho intramolecular Hbond substituents is 1. The number of aromatic hydroxyl groups is 1. The summed E-state index contributed by atoms with van der Waals surface area (Å²) in [6, 6.07) is 13.4. The van der Waals surface area contributed by atoms with Gasteiger partial charge >= 0.3 is 5.97 Å². The summed E-state index contributed by atoms with van der Waals surface area (Å²) in [5.41, 5.74) is 3.30. The van der Waals surface area contributed by atoms with Gasteiger partial charge < -0.3 is 15.2 Å². The van der Waals surface area contributed by atoms with E-state index in [-0.39, 0.29) is 18.3 Å². The second-order valence-electron chi connectivity index (χ2n) is 7.12. The third-order valence-electron chi connectivity index (χ3n) is 4.89. The first-order valence-corrected chi connectivity index (χ1v) is 10.2. The number of hydrogen-bond donors (Lipinski definition) is 2. The monoisotopic (exact) mass is 443 g/mol. The van der Waals surface area contributed by atoms with E-state index in [1.165, 1.54) is 18.6 Å². The van der Waals surface area contributed by atoms with Gasteiger partial charge in [0.05, 0.1) is 42.3 Å². The van der Waals surface area contributed by atoms with Crippen LogP contribution in [0.25, 0.3) is 17.1 Å². The van der Waals surface area contributed by atoms with Gasteiger partial charge in [0.2, 0.25) is 0 Å². The van der Waals surface area contributed by atoms with E-state index in [0.717, 1.165) is 0 Å². The van der Waals surface area contributed by atoms with Crippen LogP contribution >= 0.6 is 0 Å². The van der Waals surface area contributed by atoms with Gasteiger partial charge in [-0.25, -0.2) is 19.4 Å². The van der Waals surface area contributed by atoms with Crippen molar-refractivity contribution in [2.45, 2.75) is 13.8 Å². The first-order chi connectivity index (χ1) is 16.0. The number of hydrogen-bond acceptors (Lipinski definition) is 7. The van der Waals surface area contributed by atoms with E-state index in [4.69, 9.17) is 4.74 Å². The molecule has 0 atom stereocenters. The van der Waals surface area contributed by atoms with Crippen molar-refractivity contribution in [2.24, 2.45) is 0 Å². The molecule has 4 aromatic rings. The van der Waals surface area contributed by atoms with Crippen LogP contribution in [-0.2, 0) is 4.74 Å². The van der Waals surface area contributed by atoms with Gasteiger partial charge in [0.25, 0.3) is 5.91 Å². The number of nitrogens with one attached hydrogen (secondary N) is 1. The van der Waals surface area contributed by atoms with Crippen molar-refractivity contribution in [1.82, 2.24) is 19.7 Å². The molecule has 4 rings (SSSR count). The van der Waals surface area contributed by atoms with Crippen LogP contribution in [0, 0.1) is 6.92 Å². The largest absolute Gasteiger partial charge is 0.508 e. The van der Waals surface area contributed by atoms with Crippen LogP contribution in [-0.4, -0.2) is 43.3 Å². The number of phenols is 1. The summed E-state index contributed by atoms with van der Waals surface area (Å²) < 4.78 is 6.65. The molecular weight excluding hydrogens is 422 g/mol. The standard InChI is InChI=1S/C24H21N5O4/c1-3-33-24(32)21-14-27-29(15(21)2)19-9-7-16(8-10-19)23(31)28-18-12-25-22(26-13-18)17-5-4-6-20(30)11-17/h4-14,30H,3H2,1-2H3,(H,28,31). The number of nitrogens with zero attached hydrogens (tertiary/aromatic N) is 4. The van der Waals surface area contributed by atoms with Gasteiger partial charge in [-0.1, -0.05) is 12.1 Å². The van der Waals surface area contributed by atoms with Crippen molar-refractivity contribution in [3.8, 4) is 22.8 Å². The van der Waals surface area contributed by atoms with Crippen molar-refractivity contribution >= 4 is 17.6 Å². The molecule has 0 fully saturated rings. The summed E-state index contributed by atoms with van der Waals surface area (Å²) in [6.45, 7) is 3.81. The van der Waals surface area contributed by atoms with Crippen molar-refractivity contribution in [3.63, 3.8) is 0 Å². The molecule has 2 aromatic heterocycles. The average molecular weight is 443 g/mol. The fourth-order valence-corrected chi connectivity index (χ4v) is 3.22. The summed E-state index contributed by atoms with van der Waals surface area (Å²) in [5, 5.41) is 16.6. The summed E-state index contributed by atoms with van der Waals surface area (Å²) >= 11 is 0. The molecule has 33 heavy (non-hydrogen) atoms. The predicted molar refractivity (Wildman–Crippen MR) is 121 cm³/mol. The maximum atomic E-state index is 12.6. The third kappa shape index (κ3) is 4.72. The lowest BCUT2D eigenvalue weighted by Gasteiger charge is -2.08. The van der Waals surface area contributed by atoms with Crippen molar-refractivity contribution in [1.29, 1.82) is 0 Å². The van der Waals surface area contributed by atoms with Crippen molar-refractivity contribution in [2.75, 3.05) is 11.9 Å². The van der Waals surface area contributed by atoms with E-state index in [2.05, 4.69) is 20.4 Å². The lowest BCUT2D eigenvalue weighted by molar-refractivity contribution is 0.0525.